The van der Waals surface area contributed by atoms with Crippen LogP contribution in [0.15, 0.2) is 30.3 Å². The number of carbonyl (C=O) groups is 3. The van der Waals surface area contributed by atoms with Crippen molar-refractivity contribution in [2.45, 2.75) is 45.9 Å². The molecule has 0 radical (unpaired) electrons. The van der Waals surface area contributed by atoms with Crippen LogP contribution in [0.1, 0.15) is 32.8 Å². The lowest BCUT2D eigenvalue weighted by Gasteiger charge is -2.31. The third-order valence-electron chi connectivity index (χ3n) is 3.88. The topological polar surface area (TPSA) is 114 Å². The molecule has 0 aliphatic carbocycles. The third-order valence-corrected chi connectivity index (χ3v) is 3.88. The molecule has 1 aromatic rings. The molecular weight excluding hydrogens is 352 g/mol. The van der Waals surface area contributed by atoms with Crippen molar-refractivity contribution in [1.29, 1.82) is 0 Å². The Bertz CT molecular complexity index is 627. The van der Waals surface area contributed by atoms with Gasteiger partial charge in [-0.05, 0) is 17.4 Å². The van der Waals surface area contributed by atoms with Crippen molar-refractivity contribution in [1.82, 2.24) is 10.6 Å². The standard InChI is InChI=1S/C19H28N2O6/c1-19(2,3)15(16(22)23)21-14(17(24)26-4)10-11-20-18(25)27-12-13-8-6-5-7-9-13/h5-9,14-15,21H,10-12H2,1-4H3,(H,20,25)(H,22,23)/t14-,15-/m1/s1. The van der Waals surface area contributed by atoms with Gasteiger partial charge in [-0.1, -0.05) is 51.1 Å². The van der Waals surface area contributed by atoms with Crippen LogP contribution in [0.25, 0.3) is 0 Å². The van der Waals surface area contributed by atoms with E-state index in [-0.39, 0.29) is 19.6 Å². The predicted octanol–water partition coefficient (Wildman–Crippen LogP) is 1.93. The summed E-state index contributed by atoms with van der Waals surface area (Å²) in [5.74, 6) is -1.66. The predicted molar refractivity (Wildman–Crippen MR) is 99.1 cm³/mol. The molecule has 0 aromatic heterocycles. The summed E-state index contributed by atoms with van der Waals surface area (Å²) in [4.78, 5) is 35.2. The number of alkyl carbamates (subject to hydrolysis) is 1. The molecule has 1 amide bonds. The monoisotopic (exact) mass is 380 g/mol. The summed E-state index contributed by atoms with van der Waals surface area (Å²) < 4.78 is 9.82. The first kappa shape index (κ1) is 22.4. The van der Waals surface area contributed by atoms with Crippen LogP contribution in [-0.4, -0.2) is 48.9 Å². The molecule has 150 valence electrons. The molecule has 0 fully saturated rings. The Hall–Kier alpha value is -2.61. The maximum absolute atomic E-state index is 12.0. The Morgan fingerprint density at radius 3 is 2.30 bits per heavy atom. The van der Waals surface area contributed by atoms with E-state index >= 15 is 0 Å². The van der Waals surface area contributed by atoms with Crippen molar-refractivity contribution in [2.75, 3.05) is 13.7 Å². The number of methoxy groups -OCH3 is 1. The third kappa shape index (κ3) is 8.08. The highest BCUT2D eigenvalue weighted by Gasteiger charge is 2.35. The van der Waals surface area contributed by atoms with Gasteiger partial charge in [0.05, 0.1) is 7.11 Å². The van der Waals surface area contributed by atoms with Gasteiger partial charge in [0, 0.05) is 6.54 Å². The second-order valence-electron chi connectivity index (χ2n) is 7.16. The van der Waals surface area contributed by atoms with Gasteiger partial charge in [0.25, 0.3) is 0 Å². The molecule has 0 saturated heterocycles. The quantitative estimate of drug-likeness (QED) is 0.561. The minimum Gasteiger partial charge on any atom is -0.480 e. The number of carboxylic acid groups (broad SMARTS) is 1. The molecule has 8 heteroatoms. The van der Waals surface area contributed by atoms with E-state index in [0.717, 1.165) is 5.56 Å². The van der Waals surface area contributed by atoms with Gasteiger partial charge in [-0.15, -0.1) is 0 Å². The molecule has 0 aliphatic rings. The van der Waals surface area contributed by atoms with E-state index in [1.54, 1.807) is 20.8 Å². The zero-order valence-corrected chi connectivity index (χ0v) is 16.2. The SMILES string of the molecule is COC(=O)[C@@H](CCNC(=O)OCc1ccccc1)N[C@H](C(=O)O)C(C)(C)C. The molecule has 27 heavy (non-hydrogen) atoms. The highest BCUT2D eigenvalue weighted by atomic mass is 16.5. The molecule has 0 aliphatic heterocycles. The number of esters is 1. The molecule has 3 N–H and O–H groups in total. The molecule has 1 rings (SSSR count). The van der Waals surface area contributed by atoms with Crippen molar-refractivity contribution in [3.8, 4) is 0 Å². The van der Waals surface area contributed by atoms with Gasteiger partial charge in [-0.3, -0.25) is 14.9 Å². The van der Waals surface area contributed by atoms with Crippen LogP contribution in [0, 0.1) is 5.41 Å². The van der Waals surface area contributed by atoms with Crippen molar-refractivity contribution in [3.05, 3.63) is 35.9 Å². The molecule has 8 nitrogen and oxygen atoms in total. The number of amides is 1. The van der Waals surface area contributed by atoms with E-state index in [9.17, 15) is 19.5 Å². The Morgan fingerprint density at radius 1 is 1.15 bits per heavy atom. The number of carbonyl (C=O) groups excluding carboxylic acids is 2. The Morgan fingerprint density at radius 2 is 1.78 bits per heavy atom. The van der Waals surface area contributed by atoms with Crippen molar-refractivity contribution in [2.24, 2.45) is 5.41 Å². The summed E-state index contributed by atoms with van der Waals surface area (Å²) in [5, 5.41) is 14.8. The zero-order valence-electron chi connectivity index (χ0n) is 16.2. The van der Waals surface area contributed by atoms with Crippen LogP contribution < -0.4 is 10.6 Å². The van der Waals surface area contributed by atoms with E-state index in [4.69, 9.17) is 9.47 Å². The van der Waals surface area contributed by atoms with Crippen molar-refractivity contribution in [3.63, 3.8) is 0 Å². The fourth-order valence-corrected chi connectivity index (χ4v) is 2.40. The zero-order chi connectivity index (χ0) is 20.4. The fraction of sp³-hybridized carbons (Fsp3) is 0.526. The van der Waals surface area contributed by atoms with Gasteiger partial charge in [-0.25, -0.2) is 4.79 Å². The molecule has 0 saturated carbocycles. The van der Waals surface area contributed by atoms with Crippen LogP contribution in [0.5, 0.6) is 0 Å². The molecular formula is C19H28N2O6. The minimum atomic E-state index is -1.06. The van der Waals surface area contributed by atoms with Crippen molar-refractivity contribution >= 4 is 18.0 Å². The van der Waals surface area contributed by atoms with Gasteiger partial charge in [0.15, 0.2) is 0 Å². The summed E-state index contributed by atoms with van der Waals surface area (Å²) in [6.07, 6.45) is -0.458. The molecule has 0 unspecified atom stereocenters. The minimum absolute atomic E-state index is 0.122. The first-order valence-electron chi connectivity index (χ1n) is 8.66. The van der Waals surface area contributed by atoms with Crippen molar-refractivity contribution < 1.29 is 29.0 Å². The van der Waals surface area contributed by atoms with Crippen LogP contribution >= 0.6 is 0 Å². The smallest absolute Gasteiger partial charge is 0.407 e. The second-order valence-corrected chi connectivity index (χ2v) is 7.16. The summed E-state index contributed by atoms with van der Waals surface area (Å²) in [6, 6.07) is 7.41. The van der Waals surface area contributed by atoms with Crippen LogP contribution in [0.3, 0.4) is 0 Å². The van der Waals surface area contributed by atoms with E-state index < -0.39 is 35.5 Å². The highest BCUT2D eigenvalue weighted by Crippen LogP contribution is 2.20. The number of benzene rings is 1. The lowest BCUT2D eigenvalue weighted by molar-refractivity contribution is -0.146. The average Bonchev–Trinajstić information content (AvgIpc) is 2.61. The van der Waals surface area contributed by atoms with E-state index in [0.29, 0.717) is 0 Å². The number of ether oxygens (including phenoxy) is 2. The Labute approximate surface area is 159 Å². The number of hydrogen-bond donors (Lipinski definition) is 3. The van der Waals surface area contributed by atoms with Gasteiger partial charge in [0.1, 0.15) is 18.7 Å². The number of hydrogen-bond acceptors (Lipinski definition) is 6. The summed E-state index contributed by atoms with van der Waals surface area (Å²) in [5.41, 5.74) is 0.247. The summed E-state index contributed by atoms with van der Waals surface area (Å²) in [6.45, 7) is 5.53. The first-order valence-corrected chi connectivity index (χ1v) is 8.66. The second kappa shape index (κ2) is 10.5. The summed E-state index contributed by atoms with van der Waals surface area (Å²) >= 11 is 0. The fourth-order valence-electron chi connectivity index (χ4n) is 2.40. The van der Waals surface area contributed by atoms with Crippen LogP contribution in [0.2, 0.25) is 0 Å². The molecule has 1 aromatic carbocycles. The van der Waals surface area contributed by atoms with E-state index in [1.165, 1.54) is 7.11 Å². The summed E-state index contributed by atoms with van der Waals surface area (Å²) in [7, 11) is 1.23. The van der Waals surface area contributed by atoms with Gasteiger partial charge in [-0.2, -0.15) is 0 Å². The Balaban J connectivity index is 2.53. The largest absolute Gasteiger partial charge is 0.480 e. The molecule has 0 heterocycles. The average molecular weight is 380 g/mol. The molecule has 2 atom stereocenters. The van der Waals surface area contributed by atoms with Crippen LogP contribution in [0.4, 0.5) is 4.79 Å². The van der Waals surface area contributed by atoms with Gasteiger partial charge in [0.2, 0.25) is 0 Å². The number of rotatable bonds is 9. The van der Waals surface area contributed by atoms with E-state index in [2.05, 4.69) is 10.6 Å². The van der Waals surface area contributed by atoms with Crippen LogP contribution in [-0.2, 0) is 25.7 Å². The van der Waals surface area contributed by atoms with Gasteiger partial charge >= 0.3 is 18.0 Å². The molecule has 0 spiro atoms. The number of carboxylic acids is 1. The normalized spacial score (nSPS) is 13.3. The lowest BCUT2D eigenvalue weighted by Crippen LogP contribution is -2.54. The highest BCUT2D eigenvalue weighted by molar-refractivity contribution is 5.79. The number of aliphatic carboxylic acids is 1. The number of nitrogens with one attached hydrogen (secondary N) is 2. The molecule has 0 bridgehead atoms. The van der Waals surface area contributed by atoms with Gasteiger partial charge < -0.3 is 19.9 Å². The maximum atomic E-state index is 12.0. The Kier molecular flexibility index (Phi) is 8.74. The maximum Gasteiger partial charge on any atom is 0.407 e. The van der Waals surface area contributed by atoms with E-state index in [1.807, 2.05) is 30.3 Å². The first-order chi connectivity index (χ1) is 12.6. The lowest BCUT2D eigenvalue weighted by atomic mass is 9.86.